The molecule has 660 valence electrons. The molecule has 17 atom stereocenters. The molecule has 0 aromatic heterocycles. The van der Waals surface area contributed by atoms with Crippen molar-refractivity contribution in [2.45, 2.75) is 426 Å². The fraction of sp³-hybridized carbons (Fsp3) is 0.740. The van der Waals surface area contributed by atoms with Gasteiger partial charge in [-0.1, -0.05) is 359 Å². The second-order valence-electron chi connectivity index (χ2n) is 31.7. The Morgan fingerprint density at radius 3 is 0.939 bits per heavy atom. The third-order valence-corrected chi connectivity index (χ3v) is 21.6. The van der Waals surface area contributed by atoms with Crippen LogP contribution in [0.5, 0.6) is 0 Å². The van der Waals surface area contributed by atoms with Crippen LogP contribution in [0.25, 0.3) is 0 Å². The lowest BCUT2D eigenvalue weighted by Crippen LogP contribution is -2.66. The number of amides is 1. The Bertz CT molecular complexity index is 2650. The number of carbonyl (C=O) groups excluding carboxylic acids is 1. The van der Waals surface area contributed by atoms with Gasteiger partial charge in [-0.15, -0.1) is 0 Å². The summed E-state index contributed by atoms with van der Waals surface area (Å²) in [5.74, 6) is -0.310. The molecule has 12 N–H and O–H groups in total. The highest BCUT2D eigenvalue weighted by Gasteiger charge is 2.54. The van der Waals surface area contributed by atoms with Gasteiger partial charge in [0.2, 0.25) is 5.91 Å². The van der Waals surface area contributed by atoms with E-state index >= 15 is 0 Å². The van der Waals surface area contributed by atoms with E-state index in [-0.39, 0.29) is 18.9 Å². The van der Waals surface area contributed by atoms with Crippen molar-refractivity contribution in [2.75, 3.05) is 26.4 Å². The molecular formula is C96H163NO18. The van der Waals surface area contributed by atoms with Crippen LogP contribution in [0.3, 0.4) is 0 Å². The number of unbranched alkanes of at least 4 members (excludes halogenated alkanes) is 34. The lowest BCUT2D eigenvalue weighted by Gasteiger charge is -2.48. The summed E-state index contributed by atoms with van der Waals surface area (Å²) in [7, 11) is 0. The van der Waals surface area contributed by atoms with E-state index in [4.69, 9.17) is 28.4 Å². The monoisotopic (exact) mass is 1620 g/mol. The van der Waals surface area contributed by atoms with E-state index in [1.54, 1.807) is 6.08 Å². The Balaban J connectivity index is 1.36. The van der Waals surface area contributed by atoms with Crippen LogP contribution in [0.2, 0.25) is 0 Å². The summed E-state index contributed by atoms with van der Waals surface area (Å²) in [6.07, 6.45) is 81.3. The van der Waals surface area contributed by atoms with Crippen molar-refractivity contribution in [1.29, 1.82) is 0 Å². The molecular weight excluding hydrogens is 1460 g/mol. The first-order valence-electron chi connectivity index (χ1n) is 45.6. The van der Waals surface area contributed by atoms with Gasteiger partial charge in [-0.3, -0.25) is 4.79 Å². The van der Waals surface area contributed by atoms with Gasteiger partial charge in [0.15, 0.2) is 18.9 Å². The molecule has 3 saturated heterocycles. The van der Waals surface area contributed by atoms with E-state index in [1.807, 2.05) is 6.08 Å². The highest BCUT2D eigenvalue weighted by Crippen LogP contribution is 2.33. The highest BCUT2D eigenvalue weighted by molar-refractivity contribution is 5.76. The number of aliphatic hydroxyl groups is 11. The predicted octanol–water partition coefficient (Wildman–Crippen LogP) is 17.7. The Morgan fingerprint density at radius 1 is 0.322 bits per heavy atom. The second kappa shape index (κ2) is 73.6. The number of hydrogen-bond acceptors (Lipinski definition) is 18. The van der Waals surface area contributed by atoms with Gasteiger partial charge >= 0.3 is 0 Å². The molecule has 3 aliphatic rings. The number of rotatable bonds is 72. The number of allylic oxidation sites excluding steroid dienone is 23. The van der Waals surface area contributed by atoms with E-state index in [9.17, 15) is 61.0 Å². The summed E-state index contributed by atoms with van der Waals surface area (Å²) in [6, 6.07) is -1.01. The molecule has 0 aliphatic carbocycles. The van der Waals surface area contributed by atoms with Gasteiger partial charge in [-0.05, 0) is 103 Å². The molecule has 0 aromatic carbocycles. The van der Waals surface area contributed by atoms with Crippen LogP contribution < -0.4 is 5.32 Å². The van der Waals surface area contributed by atoms with E-state index in [0.29, 0.717) is 6.42 Å². The molecule has 0 aromatic rings. The minimum atomic E-state index is -1.99. The predicted molar refractivity (Wildman–Crippen MR) is 466 cm³/mol. The molecule has 0 spiro atoms. The standard InChI is InChI=1S/C96H163NO18/c1-3-5-7-9-11-13-15-17-19-21-23-25-27-29-31-33-35-37-38-39-40-42-44-46-48-50-52-54-56-58-60-62-64-66-68-70-72-74-84(102)97-79(80(101)73-71-69-67-65-63-61-59-57-55-53-51-49-47-45-43-41-36-34-32-30-28-26-24-22-20-18-16-14-12-10-8-6-4-2)78-110-94-90(108)87(105)92(82(76-99)112-94)115-96-91(109)88(106)93(83(77-100)113-96)114-95-89(107)86(104)85(103)81(75-98)111-95/h5,7,11,13,17,19,23,25,29,31,35,37,39-40,44,46,50,52,56,58,62,64,71,73,79-83,85-96,98-101,103-109H,3-4,6,8-10,12,14-16,18,20-22,24,26-28,30,32-34,36,38,41-43,45,47-49,51,53-55,57,59-61,63,65-70,72,74-78H2,1-2H3,(H,97,102)/b7-5-,13-11-,19-17-,25-23-,31-29-,37-35-,40-39-,46-44-,52-50-,58-56-,64-62-,73-71+. The largest absolute Gasteiger partial charge is 0.394 e. The van der Waals surface area contributed by atoms with Crippen LogP contribution in [0.1, 0.15) is 322 Å². The molecule has 3 heterocycles. The molecule has 0 radical (unpaired) electrons. The van der Waals surface area contributed by atoms with Crippen molar-refractivity contribution in [3.63, 3.8) is 0 Å². The topological polar surface area (TPSA) is 307 Å². The van der Waals surface area contributed by atoms with Gasteiger partial charge in [0.05, 0.1) is 38.6 Å². The Morgan fingerprint density at radius 2 is 0.600 bits per heavy atom. The minimum Gasteiger partial charge on any atom is -0.394 e. The maximum Gasteiger partial charge on any atom is 0.220 e. The third-order valence-electron chi connectivity index (χ3n) is 21.6. The molecule has 3 rings (SSSR count). The molecule has 17 unspecified atom stereocenters. The van der Waals surface area contributed by atoms with Crippen LogP contribution in [0.4, 0.5) is 0 Å². The molecule has 0 saturated carbocycles. The van der Waals surface area contributed by atoms with Gasteiger partial charge in [0.1, 0.15) is 73.2 Å². The zero-order chi connectivity index (χ0) is 83.1. The summed E-state index contributed by atoms with van der Waals surface area (Å²) in [5.41, 5.74) is 0. The van der Waals surface area contributed by atoms with Crippen LogP contribution in [-0.4, -0.2) is 193 Å². The van der Waals surface area contributed by atoms with Gasteiger partial charge in [-0.2, -0.15) is 0 Å². The summed E-state index contributed by atoms with van der Waals surface area (Å²) in [4.78, 5) is 13.5. The van der Waals surface area contributed by atoms with Gasteiger partial charge in [0.25, 0.3) is 0 Å². The first kappa shape index (κ1) is 105. The van der Waals surface area contributed by atoms with Crippen molar-refractivity contribution < 1.29 is 89.4 Å². The van der Waals surface area contributed by atoms with E-state index in [1.165, 1.54) is 180 Å². The van der Waals surface area contributed by atoms with Gasteiger partial charge in [-0.25, -0.2) is 0 Å². The molecule has 1 amide bonds. The van der Waals surface area contributed by atoms with Crippen molar-refractivity contribution in [2.24, 2.45) is 0 Å². The zero-order valence-electron chi connectivity index (χ0n) is 71.2. The molecule has 0 bridgehead atoms. The highest BCUT2D eigenvalue weighted by atomic mass is 16.8. The van der Waals surface area contributed by atoms with Crippen molar-refractivity contribution in [3.8, 4) is 0 Å². The molecule has 19 heteroatoms. The van der Waals surface area contributed by atoms with Crippen LogP contribution in [0.15, 0.2) is 146 Å². The lowest BCUT2D eigenvalue weighted by molar-refractivity contribution is -0.379. The lowest BCUT2D eigenvalue weighted by atomic mass is 9.96. The van der Waals surface area contributed by atoms with E-state index in [2.05, 4.69) is 153 Å². The maximum absolute atomic E-state index is 13.5. The second-order valence-corrected chi connectivity index (χ2v) is 31.7. The quantitative estimate of drug-likeness (QED) is 0.0199. The fourth-order valence-corrected chi connectivity index (χ4v) is 14.4. The third kappa shape index (κ3) is 51.8. The SMILES string of the molecule is CC/C=C\C/C=C\C/C=C\C/C=C\C/C=C\C/C=C\C/C=C\C/C=C\C/C=C\C/C=C\C/C=C\CCCCCC(=O)NC(COC1OC(CO)C(OC2OC(CO)C(OC3OC(CO)C(O)C(O)C3O)C(O)C2O)C(O)C1O)C(O)/C=C/CCCCCCCCCCCCCCCCCCCCCCCCCCCCCCCCC. The summed E-state index contributed by atoms with van der Waals surface area (Å²) < 4.78 is 34.5. The smallest absolute Gasteiger partial charge is 0.220 e. The number of aliphatic hydroxyl groups excluding tert-OH is 11. The Labute approximate surface area is 695 Å². The summed E-state index contributed by atoms with van der Waals surface area (Å²) in [6.45, 7) is 1.62. The zero-order valence-corrected chi connectivity index (χ0v) is 71.2. The number of nitrogens with one attached hydrogen (secondary N) is 1. The number of ether oxygens (including phenoxy) is 6. The van der Waals surface area contributed by atoms with E-state index in [0.717, 1.165) is 116 Å². The average molecular weight is 1620 g/mol. The number of hydrogen-bond donors (Lipinski definition) is 12. The first-order chi connectivity index (χ1) is 56.3. The summed E-state index contributed by atoms with van der Waals surface area (Å²) in [5, 5.41) is 121. The van der Waals surface area contributed by atoms with Crippen LogP contribution in [0, 0.1) is 0 Å². The molecule has 19 nitrogen and oxygen atoms in total. The molecule has 115 heavy (non-hydrogen) atoms. The van der Waals surface area contributed by atoms with Crippen molar-refractivity contribution >= 4 is 5.91 Å². The first-order valence-corrected chi connectivity index (χ1v) is 45.6. The van der Waals surface area contributed by atoms with Crippen molar-refractivity contribution in [1.82, 2.24) is 5.32 Å². The van der Waals surface area contributed by atoms with E-state index < -0.39 is 124 Å². The normalized spacial score (nSPS) is 25.3. The van der Waals surface area contributed by atoms with Crippen LogP contribution in [-0.2, 0) is 33.2 Å². The summed E-state index contributed by atoms with van der Waals surface area (Å²) >= 11 is 0. The number of carbonyl (C=O) groups is 1. The average Bonchev–Trinajstić information content (AvgIpc) is 0.779. The van der Waals surface area contributed by atoms with Crippen LogP contribution >= 0.6 is 0 Å². The molecule has 3 fully saturated rings. The maximum atomic E-state index is 13.5. The van der Waals surface area contributed by atoms with Crippen molar-refractivity contribution in [3.05, 3.63) is 146 Å². The Kier molecular flexibility index (Phi) is 67.1. The Hall–Kier alpha value is -4.33. The van der Waals surface area contributed by atoms with Gasteiger partial charge in [0, 0.05) is 6.42 Å². The minimum absolute atomic E-state index is 0.194. The fourth-order valence-electron chi connectivity index (χ4n) is 14.4. The van der Waals surface area contributed by atoms with Gasteiger partial charge < -0.3 is 89.9 Å². The molecule has 3 aliphatic heterocycles.